The van der Waals surface area contributed by atoms with Crippen molar-refractivity contribution in [2.45, 2.75) is 158 Å². The van der Waals surface area contributed by atoms with E-state index in [1.165, 1.54) is 48.5 Å². The predicted molar refractivity (Wildman–Crippen MR) is 401 cm³/mol. The Morgan fingerprint density at radius 2 is 0.350 bits per heavy atom. The van der Waals surface area contributed by atoms with Gasteiger partial charge < -0.3 is 19.6 Å². The minimum Gasteiger partial charge on any atom is -0.309 e. The summed E-state index contributed by atoms with van der Waals surface area (Å²) in [4.78, 5) is 7.67. The summed E-state index contributed by atoms with van der Waals surface area (Å²) in [6.45, 7) is 33.1. The lowest BCUT2D eigenvalue weighted by molar-refractivity contribution is 0.583. The molecule has 0 amide bonds. The molecule has 0 radical (unpaired) electrons. The van der Waals surface area contributed by atoms with Gasteiger partial charge in [-0.25, -0.2) is 35.1 Å². The van der Waals surface area contributed by atoms with Gasteiger partial charge in [-0.05, 0) is 153 Å². The van der Waals surface area contributed by atoms with Crippen LogP contribution in [0.5, 0.6) is 0 Å². The molecule has 0 aromatic heterocycles. The third kappa shape index (κ3) is 12.9. The molecule has 514 valence electrons. The van der Waals surface area contributed by atoms with E-state index in [1.54, 1.807) is 0 Å². The van der Waals surface area contributed by atoms with Crippen molar-refractivity contribution in [1.82, 2.24) is 0 Å². The van der Waals surface area contributed by atoms with E-state index in [2.05, 4.69) is 111 Å². The van der Waals surface area contributed by atoms with Gasteiger partial charge >= 0.3 is 0 Å². The first-order chi connectivity index (χ1) is 47.5. The van der Waals surface area contributed by atoms with Gasteiger partial charge in [0.25, 0.3) is 0 Å². The monoisotopic (exact) mass is 1350 g/mol. The molecule has 0 saturated carbocycles. The van der Waals surface area contributed by atoms with Crippen LogP contribution in [0.3, 0.4) is 0 Å². The van der Waals surface area contributed by atoms with Crippen molar-refractivity contribution >= 4 is 101 Å². The number of nitrogens with zero attached hydrogens (tertiary/aromatic N) is 4. The highest BCUT2D eigenvalue weighted by atomic mass is 19.2. The summed E-state index contributed by atoms with van der Waals surface area (Å²) in [5.41, 5.74) is 11.7. The zero-order valence-electron chi connectivity index (χ0n) is 59.8. The predicted octanol–water partition coefficient (Wildman–Crippen LogP) is 28.6. The molecule has 0 bridgehead atoms. The molecule has 4 nitrogen and oxygen atoms in total. The van der Waals surface area contributed by atoms with Crippen LogP contribution in [-0.2, 0) is 0 Å². The Hall–Kier alpha value is -9.68. The standard InChI is InChI=1S/C88H86F8N4/c1-47(2)67-21-17-22-68(48(3)4)85(67)97(63-37-55(89)33-56(90)38-63)79-45-80(98(64-39-57(91)34-58(92)40-64)86-69(49(5)6)23-18-24-70(86)50(7)8)76-31-32-78-82(100(66-43-61(95)36-62(96)44-66)88-73(53(13)14)27-20-28-74(88)54(15)16)46-81(77-30-29-75(79)83(76)84(77)78)99(65-41-59(93)35-60(94)42-65)87-71(51(9)10)25-19-26-72(87)52(11)12/h17-54H,1-16H3. The molecule has 0 aliphatic heterocycles. The second-order valence-corrected chi connectivity index (χ2v) is 29.1. The molecule has 0 saturated heterocycles. The molecule has 0 aliphatic rings. The molecular weight excluding hydrogens is 1260 g/mol. The number of halogens is 8. The quantitative estimate of drug-likeness (QED) is 0.0557. The lowest BCUT2D eigenvalue weighted by Crippen LogP contribution is -2.20. The third-order valence-corrected chi connectivity index (χ3v) is 19.5. The summed E-state index contributed by atoms with van der Waals surface area (Å²) in [6, 6.07) is 49.8. The molecule has 0 aliphatic carbocycles. The molecule has 0 fully saturated rings. The lowest BCUT2D eigenvalue weighted by Gasteiger charge is -2.38. The minimum absolute atomic E-state index is 0.139. The van der Waals surface area contributed by atoms with E-state index in [1.807, 2.05) is 129 Å². The van der Waals surface area contributed by atoms with Crippen LogP contribution in [0.4, 0.5) is 103 Å². The van der Waals surface area contributed by atoms with Crippen LogP contribution in [0.1, 0.15) is 203 Å². The van der Waals surface area contributed by atoms with Gasteiger partial charge in [-0.1, -0.05) is 208 Å². The van der Waals surface area contributed by atoms with Gasteiger partial charge in [0.1, 0.15) is 46.5 Å². The van der Waals surface area contributed by atoms with Crippen molar-refractivity contribution in [2.24, 2.45) is 0 Å². The average molecular weight is 1350 g/mol. The highest BCUT2D eigenvalue weighted by molar-refractivity contribution is 6.33. The van der Waals surface area contributed by atoms with Crippen LogP contribution < -0.4 is 19.6 Å². The van der Waals surface area contributed by atoms with Crippen LogP contribution in [0.25, 0.3) is 32.3 Å². The number of rotatable bonds is 20. The highest BCUT2D eigenvalue weighted by Crippen LogP contribution is 2.59. The van der Waals surface area contributed by atoms with Gasteiger partial charge in [0.15, 0.2) is 0 Å². The molecule has 0 spiro atoms. The largest absolute Gasteiger partial charge is 0.309 e. The molecule has 12 heteroatoms. The summed E-state index contributed by atoms with van der Waals surface area (Å²) < 4.78 is 134. The number of hydrogen-bond donors (Lipinski definition) is 0. The molecular formula is C88H86F8N4. The van der Waals surface area contributed by atoms with E-state index >= 15 is 35.1 Å². The van der Waals surface area contributed by atoms with Gasteiger partial charge in [0.05, 0.1) is 68.2 Å². The second-order valence-electron chi connectivity index (χ2n) is 29.1. The molecule has 12 rings (SSSR count). The van der Waals surface area contributed by atoms with Crippen LogP contribution in [-0.4, -0.2) is 0 Å². The van der Waals surface area contributed by atoms with Gasteiger partial charge in [-0.2, -0.15) is 0 Å². The van der Waals surface area contributed by atoms with Gasteiger partial charge in [-0.3, -0.25) is 0 Å². The topological polar surface area (TPSA) is 13.0 Å². The van der Waals surface area contributed by atoms with Crippen molar-refractivity contribution in [1.29, 1.82) is 0 Å². The zero-order chi connectivity index (χ0) is 71.8. The first-order valence-electron chi connectivity index (χ1n) is 34.9. The maximum atomic E-state index is 16.7. The molecule has 100 heavy (non-hydrogen) atoms. The lowest BCUT2D eigenvalue weighted by atomic mass is 9.86. The van der Waals surface area contributed by atoms with Crippen molar-refractivity contribution in [3.8, 4) is 0 Å². The Kier molecular flexibility index (Phi) is 19.5. The number of hydrogen-bond acceptors (Lipinski definition) is 4. The highest BCUT2D eigenvalue weighted by Gasteiger charge is 2.36. The van der Waals surface area contributed by atoms with Gasteiger partial charge in [0, 0.05) is 56.6 Å². The Bertz CT molecular complexity index is 4280. The Morgan fingerprint density at radius 3 is 0.490 bits per heavy atom. The van der Waals surface area contributed by atoms with Crippen molar-refractivity contribution in [3.63, 3.8) is 0 Å². The van der Waals surface area contributed by atoms with Crippen molar-refractivity contribution < 1.29 is 35.1 Å². The molecule has 0 heterocycles. The zero-order valence-corrected chi connectivity index (χ0v) is 59.8. The fourth-order valence-electron chi connectivity index (χ4n) is 15.0. The van der Waals surface area contributed by atoms with Crippen LogP contribution >= 0.6 is 0 Å². The van der Waals surface area contributed by atoms with Crippen LogP contribution in [0.2, 0.25) is 0 Å². The van der Waals surface area contributed by atoms with Crippen LogP contribution in [0, 0.1) is 46.5 Å². The maximum absolute atomic E-state index is 16.7. The Labute approximate surface area is 583 Å². The number of para-hydroxylation sites is 4. The van der Waals surface area contributed by atoms with Crippen LogP contribution in [0.15, 0.2) is 182 Å². The maximum Gasteiger partial charge on any atom is 0.128 e. The third-order valence-electron chi connectivity index (χ3n) is 19.5. The molecule has 0 unspecified atom stereocenters. The minimum atomic E-state index is -0.836. The summed E-state index contributed by atoms with van der Waals surface area (Å²) in [5.74, 6) is -7.99. The van der Waals surface area contributed by atoms with E-state index in [-0.39, 0.29) is 70.1 Å². The van der Waals surface area contributed by atoms with E-state index in [4.69, 9.17) is 0 Å². The van der Waals surface area contributed by atoms with E-state index in [0.29, 0.717) is 77.8 Å². The molecule has 12 aromatic carbocycles. The second kappa shape index (κ2) is 27.8. The van der Waals surface area contributed by atoms with E-state index < -0.39 is 46.5 Å². The first-order valence-corrected chi connectivity index (χ1v) is 34.9. The van der Waals surface area contributed by atoms with E-state index in [9.17, 15) is 0 Å². The van der Waals surface area contributed by atoms with E-state index in [0.717, 1.165) is 68.8 Å². The summed E-state index contributed by atoms with van der Waals surface area (Å²) in [7, 11) is 0. The fourth-order valence-corrected chi connectivity index (χ4v) is 15.0. The molecule has 0 N–H and O–H groups in total. The van der Waals surface area contributed by atoms with Crippen molar-refractivity contribution in [3.05, 3.63) is 273 Å². The number of benzene rings is 12. The van der Waals surface area contributed by atoms with Gasteiger partial charge in [0.2, 0.25) is 0 Å². The number of anilines is 12. The Balaban J connectivity index is 1.44. The SMILES string of the molecule is CC(C)c1cccc(C(C)C)c1N(c1cc(F)cc(F)c1)c1cc(N(c2cc(F)cc(F)c2)c2c(C(C)C)cccc2C(C)C)c2ccc3c(N(c4cc(F)cc(F)c4)c4c(C(C)C)cccc4C(C)C)cc(N(c4cc(F)cc(F)c4)c4c(C(C)C)cccc4C(C)C)c4ccc1c2c43. The summed E-state index contributed by atoms with van der Waals surface area (Å²) in [6.07, 6.45) is 0. The summed E-state index contributed by atoms with van der Waals surface area (Å²) >= 11 is 0. The molecule has 12 aromatic rings. The fraction of sp³-hybridized carbons (Fsp3) is 0.273. The smallest absolute Gasteiger partial charge is 0.128 e. The summed E-state index contributed by atoms with van der Waals surface area (Å²) in [5, 5.41) is 3.38. The normalized spacial score (nSPS) is 12.1. The average Bonchev–Trinajstić information content (AvgIpc) is 0.696. The Morgan fingerprint density at radius 1 is 0.200 bits per heavy atom. The van der Waals surface area contributed by atoms with Gasteiger partial charge in [-0.15, -0.1) is 0 Å². The molecule has 0 atom stereocenters. The van der Waals surface area contributed by atoms with Crippen molar-refractivity contribution in [2.75, 3.05) is 19.6 Å². The first kappa shape index (κ1) is 70.2.